The van der Waals surface area contributed by atoms with Gasteiger partial charge in [0.05, 0.1) is 6.61 Å². The van der Waals surface area contributed by atoms with Gasteiger partial charge in [-0.05, 0) is 37.5 Å². The number of nitrogens with one attached hydrogen (secondary N) is 1. The molecule has 6 nitrogen and oxygen atoms in total. The van der Waals surface area contributed by atoms with E-state index in [1.165, 1.54) is 0 Å². The van der Waals surface area contributed by atoms with Crippen LogP contribution in [0, 0.1) is 5.41 Å². The van der Waals surface area contributed by atoms with E-state index in [4.69, 9.17) is 4.74 Å². The topological polar surface area (TPSA) is 61.9 Å². The highest BCUT2D eigenvalue weighted by molar-refractivity contribution is 5.88. The predicted octanol–water partition coefficient (Wildman–Crippen LogP) is 1.78. The molecule has 0 aromatic rings. The van der Waals surface area contributed by atoms with Crippen molar-refractivity contribution in [3.05, 3.63) is 0 Å². The van der Waals surface area contributed by atoms with Gasteiger partial charge in [-0.2, -0.15) is 0 Å². The van der Waals surface area contributed by atoms with Gasteiger partial charge in [0.1, 0.15) is 6.04 Å². The molecule has 0 bridgehead atoms. The van der Waals surface area contributed by atoms with E-state index >= 15 is 0 Å². The first kappa shape index (κ1) is 19.6. The molecule has 3 fully saturated rings. The van der Waals surface area contributed by atoms with Gasteiger partial charge in [0.25, 0.3) is 0 Å². The Morgan fingerprint density at radius 3 is 2.42 bits per heavy atom. The molecule has 2 atom stereocenters. The Morgan fingerprint density at radius 1 is 1.08 bits per heavy atom. The zero-order valence-corrected chi connectivity index (χ0v) is 16.6. The second kappa shape index (κ2) is 8.26. The van der Waals surface area contributed by atoms with E-state index in [1.807, 2.05) is 4.90 Å². The number of piperidine rings is 1. The van der Waals surface area contributed by atoms with Crippen molar-refractivity contribution in [2.75, 3.05) is 32.8 Å². The number of carbonyl (C=O) groups is 2. The molecule has 0 saturated carbocycles. The van der Waals surface area contributed by atoms with Crippen molar-refractivity contribution >= 4 is 11.8 Å². The molecule has 6 heteroatoms. The number of hydrogen-bond acceptors (Lipinski definition) is 4. The maximum absolute atomic E-state index is 12.8. The van der Waals surface area contributed by atoms with Crippen LogP contribution in [0.5, 0.6) is 0 Å². The summed E-state index contributed by atoms with van der Waals surface area (Å²) in [6.45, 7) is 10.7. The number of amides is 2. The molecule has 0 aliphatic carbocycles. The molecule has 3 rings (SSSR count). The molecule has 1 N–H and O–H groups in total. The van der Waals surface area contributed by atoms with Gasteiger partial charge >= 0.3 is 0 Å². The minimum absolute atomic E-state index is 0.0442. The first-order chi connectivity index (χ1) is 12.3. The van der Waals surface area contributed by atoms with Gasteiger partial charge in [-0.25, -0.2) is 0 Å². The number of nitrogens with zero attached hydrogens (tertiary/aromatic N) is 2. The highest BCUT2D eigenvalue weighted by Crippen LogP contribution is 2.25. The second-order valence-electron chi connectivity index (χ2n) is 9.32. The van der Waals surface area contributed by atoms with Gasteiger partial charge in [-0.15, -0.1) is 0 Å². The van der Waals surface area contributed by atoms with E-state index in [1.54, 1.807) is 0 Å². The van der Waals surface area contributed by atoms with E-state index in [0.29, 0.717) is 19.0 Å². The minimum Gasteiger partial charge on any atom is -0.380 e. The van der Waals surface area contributed by atoms with Crippen molar-refractivity contribution in [2.24, 2.45) is 5.41 Å². The quantitative estimate of drug-likeness (QED) is 0.825. The molecule has 3 aliphatic rings. The van der Waals surface area contributed by atoms with Crippen molar-refractivity contribution in [1.82, 2.24) is 15.1 Å². The number of carbonyl (C=O) groups excluding carboxylic acids is 2. The van der Waals surface area contributed by atoms with Gasteiger partial charge < -0.3 is 15.0 Å². The van der Waals surface area contributed by atoms with Gasteiger partial charge in [0.15, 0.2) is 0 Å². The maximum Gasteiger partial charge on any atom is 0.243 e. The van der Waals surface area contributed by atoms with Gasteiger partial charge in [0.2, 0.25) is 11.8 Å². The highest BCUT2D eigenvalue weighted by atomic mass is 16.5. The zero-order valence-electron chi connectivity index (χ0n) is 16.6. The lowest BCUT2D eigenvalue weighted by molar-refractivity contribution is -0.140. The molecule has 3 heterocycles. The summed E-state index contributed by atoms with van der Waals surface area (Å²) in [5.41, 5.74) is -0.0442. The molecule has 0 radical (unpaired) electrons. The van der Waals surface area contributed by atoms with Crippen LogP contribution in [0.1, 0.15) is 59.3 Å². The number of likely N-dealkylation sites (tertiary alicyclic amines) is 2. The summed E-state index contributed by atoms with van der Waals surface area (Å²) in [7, 11) is 0. The third-order valence-electron chi connectivity index (χ3n) is 5.86. The Bertz CT molecular complexity index is 503. The monoisotopic (exact) mass is 365 g/mol. The fourth-order valence-electron chi connectivity index (χ4n) is 4.41. The third kappa shape index (κ3) is 4.97. The third-order valence-corrected chi connectivity index (χ3v) is 5.86. The lowest BCUT2D eigenvalue weighted by Crippen LogP contribution is -2.52. The first-order valence-electron chi connectivity index (χ1n) is 10.2. The van der Waals surface area contributed by atoms with Crippen LogP contribution in [-0.4, -0.2) is 72.6 Å². The summed E-state index contributed by atoms with van der Waals surface area (Å²) in [5.74, 6) is 0.165. The Morgan fingerprint density at radius 2 is 1.81 bits per heavy atom. The van der Waals surface area contributed by atoms with Crippen molar-refractivity contribution in [1.29, 1.82) is 0 Å². The number of ether oxygens (including phenoxy) is 1. The average molecular weight is 366 g/mol. The smallest absolute Gasteiger partial charge is 0.243 e. The first-order valence-corrected chi connectivity index (χ1v) is 10.2. The van der Waals surface area contributed by atoms with E-state index in [0.717, 1.165) is 58.4 Å². The Kier molecular flexibility index (Phi) is 6.23. The summed E-state index contributed by atoms with van der Waals surface area (Å²) < 4.78 is 5.49. The van der Waals surface area contributed by atoms with Crippen LogP contribution in [0.25, 0.3) is 0 Å². The molecule has 0 spiro atoms. The predicted molar refractivity (Wildman–Crippen MR) is 101 cm³/mol. The Hall–Kier alpha value is -1.14. The molecule has 2 unspecified atom stereocenters. The van der Waals surface area contributed by atoms with Crippen LogP contribution in [0.4, 0.5) is 0 Å². The van der Waals surface area contributed by atoms with Gasteiger partial charge in [-0.3, -0.25) is 14.5 Å². The molecular formula is C20H35N3O3. The van der Waals surface area contributed by atoms with Crippen LogP contribution in [0.2, 0.25) is 0 Å². The molecule has 26 heavy (non-hydrogen) atoms. The fourth-order valence-corrected chi connectivity index (χ4v) is 4.41. The van der Waals surface area contributed by atoms with E-state index in [2.05, 4.69) is 31.0 Å². The lowest BCUT2D eigenvalue weighted by Gasteiger charge is -2.36. The van der Waals surface area contributed by atoms with Crippen LogP contribution in [0.3, 0.4) is 0 Å². The lowest BCUT2D eigenvalue weighted by atomic mass is 9.91. The molecule has 2 amide bonds. The standard InChI is InChI=1S/C20H35N3O3/c1-20(2,3)13-18(24)23-9-4-5-17(23)19(25)21-15-6-10-22(11-7-15)16-8-12-26-14-16/h15-17H,4-14H2,1-3H3,(H,21,25). The SMILES string of the molecule is CC(C)(C)CC(=O)N1CCCC1C(=O)NC1CCN(C2CCOC2)CC1. The fraction of sp³-hybridized carbons (Fsp3) is 0.900. The van der Waals surface area contributed by atoms with Crippen LogP contribution in [0.15, 0.2) is 0 Å². The summed E-state index contributed by atoms with van der Waals surface area (Å²) in [5, 5.41) is 3.23. The Labute approximate surface area is 157 Å². The molecular weight excluding hydrogens is 330 g/mol. The molecule has 148 valence electrons. The van der Waals surface area contributed by atoms with E-state index in [-0.39, 0.29) is 29.3 Å². The van der Waals surface area contributed by atoms with Crippen molar-refractivity contribution < 1.29 is 14.3 Å². The largest absolute Gasteiger partial charge is 0.380 e. The average Bonchev–Trinajstić information content (AvgIpc) is 3.26. The van der Waals surface area contributed by atoms with Crippen molar-refractivity contribution in [3.63, 3.8) is 0 Å². The van der Waals surface area contributed by atoms with E-state index in [9.17, 15) is 9.59 Å². The van der Waals surface area contributed by atoms with E-state index < -0.39 is 0 Å². The number of rotatable bonds is 4. The molecule has 3 saturated heterocycles. The molecule has 3 aliphatic heterocycles. The minimum atomic E-state index is -0.272. The van der Waals surface area contributed by atoms with Gasteiger partial charge in [-0.1, -0.05) is 20.8 Å². The number of hydrogen-bond donors (Lipinski definition) is 1. The van der Waals surface area contributed by atoms with Crippen LogP contribution in [-0.2, 0) is 14.3 Å². The Balaban J connectivity index is 1.47. The summed E-state index contributed by atoms with van der Waals surface area (Å²) in [4.78, 5) is 29.7. The second-order valence-corrected chi connectivity index (χ2v) is 9.32. The maximum atomic E-state index is 12.8. The van der Waals surface area contributed by atoms with Crippen LogP contribution < -0.4 is 5.32 Å². The zero-order chi connectivity index (χ0) is 18.7. The van der Waals surface area contributed by atoms with Crippen molar-refractivity contribution in [2.45, 2.75) is 77.4 Å². The highest BCUT2D eigenvalue weighted by Gasteiger charge is 2.36. The molecule has 0 aromatic carbocycles. The van der Waals surface area contributed by atoms with Crippen molar-refractivity contribution in [3.8, 4) is 0 Å². The summed E-state index contributed by atoms with van der Waals surface area (Å²) in [6, 6.07) is 0.527. The molecule has 0 aromatic heterocycles. The summed E-state index contributed by atoms with van der Waals surface area (Å²) in [6.07, 6.45) is 5.33. The van der Waals surface area contributed by atoms with Crippen LogP contribution >= 0.6 is 0 Å². The summed E-state index contributed by atoms with van der Waals surface area (Å²) >= 11 is 0. The van der Waals surface area contributed by atoms with Gasteiger partial charge in [0, 0.05) is 44.7 Å². The normalized spacial score (nSPS) is 28.5.